The molecule has 0 atom stereocenters. The Morgan fingerprint density at radius 1 is 1.00 bits per heavy atom. The van der Waals surface area contributed by atoms with Gasteiger partial charge in [-0.25, -0.2) is 8.42 Å². The van der Waals surface area contributed by atoms with E-state index in [9.17, 15) is 22.0 Å². The number of benzene rings is 3. The fourth-order valence-corrected chi connectivity index (χ4v) is 4.72. The van der Waals surface area contributed by atoms with E-state index < -0.39 is 21.7 Å². The van der Waals surface area contributed by atoms with Crippen molar-refractivity contribution in [3.05, 3.63) is 78.4 Å². The van der Waals surface area contributed by atoms with Crippen LogP contribution in [0.3, 0.4) is 0 Å². The van der Waals surface area contributed by atoms with Gasteiger partial charge in [-0.05, 0) is 48.5 Å². The average molecular weight is 479 g/mol. The van der Waals surface area contributed by atoms with Crippen molar-refractivity contribution < 1.29 is 26.7 Å². The zero-order valence-electron chi connectivity index (χ0n) is 17.2. The van der Waals surface area contributed by atoms with Gasteiger partial charge in [-0.1, -0.05) is 36.0 Å². The highest BCUT2D eigenvalue weighted by Gasteiger charge is 2.24. The summed E-state index contributed by atoms with van der Waals surface area (Å²) in [5.41, 5.74) is 0.793. The minimum Gasteiger partial charge on any atom is -0.495 e. The third-order valence-corrected chi connectivity index (χ3v) is 7.12. The Labute approximate surface area is 189 Å². The molecule has 0 aliphatic rings. The minimum absolute atomic E-state index is 0.0175. The van der Waals surface area contributed by atoms with Crippen LogP contribution in [-0.2, 0) is 10.0 Å². The molecule has 3 rings (SSSR count). The van der Waals surface area contributed by atoms with E-state index in [0.29, 0.717) is 23.2 Å². The number of hydrogen-bond acceptors (Lipinski definition) is 5. The molecule has 0 saturated heterocycles. The van der Waals surface area contributed by atoms with E-state index in [-0.39, 0.29) is 21.0 Å². The fraction of sp³-hybridized carbons (Fsp3) is 0.136. The number of hydrogen-bond donors (Lipinski definition) is 1. The average Bonchev–Trinajstić information content (AvgIpc) is 2.79. The van der Waals surface area contributed by atoms with Gasteiger partial charge in [0.05, 0.1) is 23.4 Å². The number of methoxy groups -OCH3 is 1. The molecule has 3 aromatic carbocycles. The first-order valence-electron chi connectivity index (χ1n) is 9.31. The van der Waals surface area contributed by atoms with Crippen molar-refractivity contribution in [3.63, 3.8) is 0 Å². The molecule has 1 amide bonds. The summed E-state index contributed by atoms with van der Waals surface area (Å²) in [4.78, 5) is 12.8. The lowest BCUT2D eigenvalue weighted by Crippen LogP contribution is -2.27. The molecule has 0 aliphatic carbocycles. The van der Waals surface area contributed by atoms with Crippen molar-refractivity contribution in [1.82, 2.24) is 0 Å². The van der Waals surface area contributed by atoms with E-state index in [2.05, 4.69) is 5.32 Å². The molecule has 1 N–H and O–H groups in total. The maximum atomic E-state index is 13.0. The minimum atomic E-state index is -3.91. The van der Waals surface area contributed by atoms with Gasteiger partial charge in [0.15, 0.2) is 0 Å². The number of nitrogens with zero attached hydrogens (tertiary/aromatic N) is 1. The summed E-state index contributed by atoms with van der Waals surface area (Å²) in [5.74, 6) is -2.78. The summed E-state index contributed by atoms with van der Waals surface area (Å²) in [7, 11) is -1.05. The van der Waals surface area contributed by atoms with Crippen molar-refractivity contribution in [1.29, 1.82) is 0 Å². The third kappa shape index (κ3) is 5.20. The van der Waals surface area contributed by atoms with Crippen LogP contribution in [0.2, 0.25) is 0 Å². The van der Waals surface area contributed by atoms with Gasteiger partial charge in [-0.2, -0.15) is 8.78 Å². The predicted octanol–water partition coefficient (Wildman–Crippen LogP) is 5.09. The number of amides is 1. The van der Waals surface area contributed by atoms with E-state index in [1.165, 1.54) is 50.6 Å². The van der Waals surface area contributed by atoms with Gasteiger partial charge in [-0.3, -0.25) is 9.10 Å². The Morgan fingerprint density at radius 2 is 1.62 bits per heavy atom. The molecule has 0 unspecified atom stereocenters. The Bertz CT molecular complexity index is 1200. The van der Waals surface area contributed by atoms with Gasteiger partial charge >= 0.3 is 0 Å². The number of carbonyl (C=O) groups is 1. The SMILES string of the molecule is COc1ccccc1N(C)S(=O)(=O)c1ccc(C(=O)Nc2ccccc2SC(F)F)cc1. The molecule has 0 spiro atoms. The number of rotatable bonds is 8. The predicted molar refractivity (Wildman–Crippen MR) is 121 cm³/mol. The van der Waals surface area contributed by atoms with Crippen molar-refractivity contribution in [2.24, 2.45) is 0 Å². The van der Waals surface area contributed by atoms with Gasteiger partial charge < -0.3 is 10.1 Å². The van der Waals surface area contributed by atoms with E-state index in [1.807, 2.05) is 0 Å². The van der Waals surface area contributed by atoms with Crippen LogP contribution in [0.4, 0.5) is 20.2 Å². The molecular weight excluding hydrogens is 458 g/mol. The normalized spacial score (nSPS) is 11.3. The van der Waals surface area contributed by atoms with E-state index >= 15 is 0 Å². The standard InChI is InChI=1S/C22H20F2N2O4S2/c1-26(18-8-4-5-9-19(18)30-2)32(28,29)16-13-11-15(12-14-16)21(27)25-17-7-3-6-10-20(17)31-22(23)24/h3-14,22H,1-2H3,(H,25,27). The van der Waals surface area contributed by atoms with Crippen molar-refractivity contribution in [2.75, 3.05) is 23.8 Å². The number of alkyl halides is 2. The maximum absolute atomic E-state index is 13.0. The molecule has 168 valence electrons. The largest absolute Gasteiger partial charge is 0.495 e. The number of ether oxygens (including phenoxy) is 1. The second-order valence-electron chi connectivity index (χ2n) is 6.50. The number of carbonyl (C=O) groups excluding carboxylic acids is 1. The molecule has 0 aliphatic heterocycles. The highest BCUT2D eigenvalue weighted by atomic mass is 32.2. The van der Waals surface area contributed by atoms with Crippen molar-refractivity contribution in [2.45, 2.75) is 15.5 Å². The first-order valence-corrected chi connectivity index (χ1v) is 11.6. The summed E-state index contributed by atoms with van der Waals surface area (Å²) in [6.07, 6.45) is 0. The Morgan fingerprint density at radius 3 is 2.28 bits per heavy atom. The Hall–Kier alpha value is -3.11. The van der Waals surface area contributed by atoms with Gasteiger partial charge in [0, 0.05) is 17.5 Å². The van der Waals surface area contributed by atoms with Crippen LogP contribution in [0.5, 0.6) is 5.75 Å². The van der Waals surface area contributed by atoms with Crippen molar-refractivity contribution in [3.8, 4) is 5.75 Å². The maximum Gasteiger partial charge on any atom is 0.288 e. The first-order chi connectivity index (χ1) is 15.2. The lowest BCUT2D eigenvalue weighted by Gasteiger charge is -2.21. The van der Waals surface area contributed by atoms with E-state index in [4.69, 9.17) is 4.74 Å². The topological polar surface area (TPSA) is 75.7 Å². The summed E-state index contributed by atoms with van der Waals surface area (Å²) < 4.78 is 57.8. The number of sulfonamides is 1. The second kappa shape index (κ2) is 10.0. The zero-order chi connectivity index (χ0) is 23.3. The Balaban J connectivity index is 1.81. The Kier molecular flexibility index (Phi) is 7.37. The molecular formula is C22H20F2N2O4S2. The molecule has 32 heavy (non-hydrogen) atoms. The van der Waals surface area contributed by atoms with Crippen LogP contribution in [0, 0.1) is 0 Å². The number of para-hydroxylation sites is 3. The van der Waals surface area contributed by atoms with E-state index in [0.717, 1.165) is 4.31 Å². The highest BCUT2D eigenvalue weighted by Crippen LogP contribution is 2.33. The van der Waals surface area contributed by atoms with Crippen LogP contribution in [-0.4, -0.2) is 34.2 Å². The van der Waals surface area contributed by atoms with Crippen LogP contribution in [0.15, 0.2) is 82.6 Å². The summed E-state index contributed by atoms with van der Waals surface area (Å²) in [6.45, 7) is 0. The molecule has 3 aromatic rings. The monoisotopic (exact) mass is 478 g/mol. The molecule has 6 nitrogen and oxygen atoms in total. The van der Waals surface area contributed by atoms with Crippen LogP contribution in [0.1, 0.15) is 10.4 Å². The number of nitrogens with one attached hydrogen (secondary N) is 1. The molecule has 10 heteroatoms. The van der Waals surface area contributed by atoms with Gasteiger partial charge in [-0.15, -0.1) is 0 Å². The van der Waals surface area contributed by atoms with Gasteiger partial charge in [0.25, 0.3) is 21.7 Å². The summed E-state index contributed by atoms with van der Waals surface area (Å²) in [6, 6.07) is 18.3. The van der Waals surface area contributed by atoms with Crippen LogP contribution in [0.25, 0.3) is 0 Å². The number of halogens is 2. The second-order valence-corrected chi connectivity index (χ2v) is 9.50. The molecule has 0 radical (unpaired) electrons. The lowest BCUT2D eigenvalue weighted by molar-refractivity contribution is 0.102. The number of anilines is 2. The van der Waals surface area contributed by atoms with Crippen LogP contribution < -0.4 is 14.4 Å². The smallest absolute Gasteiger partial charge is 0.288 e. The molecule has 0 fully saturated rings. The lowest BCUT2D eigenvalue weighted by atomic mass is 10.2. The summed E-state index contributed by atoms with van der Waals surface area (Å²) >= 11 is 0.329. The van der Waals surface area contributed by atoms with Crippen LogP contribution >= 0.6 is 11.8 Å². The molecule has 0 saturated carbocycles. The fourth-order valence-electron chi connectivity index (χ4n) is 2.92. The highest BCUT2D eigenvalue weighted by molar-refractivity contribution is 7.99. The molecule has 0 bridgehead atoms. The quantitative estimate of drug-likeness (QED) is 0.457. The van der Waals surface area contributed by atoms with Gasteiger partial charge in [0.2, 0.25) is 0 Å². The van der Waals surface area contributed by atoms with Crippen molar-refractivity contribution >= 4 is 39.1 Å². The zero-order valence-corrected chi connectivity index (χ0v) is 18.8. The number of thioether (sulfide) groups is 1. The first kappa shape index (κ1) is 23.6. The molecule has 0 heterocycles. The van der Waals surface area contributed by atoms with Gasteiger partial charge in [0.1, 0.15) is 5.75 Å². The third-order valence-electron chi connectivity index (χ3n) is 4.55. The van der Waals surface area contributed by atoms with E-state index in [1.54, 1.807) is 36.4 Å². The molecule has 0 aromatic heterocycles. The summed E-state index contributed by atoms with van der Waals surface area (Å²) in [5, 5.41) is 2.58.